The van der Waals surface area contributed by atoms with E-state index in [9.17, 15) is 5.21 Å². The first-order valence-electron chi connectivity index (χ1n) is 8.89. The lowest BCUT2D eigenvalue weighted by molar-refractivity contribution is -0.354. The molecule has 4 aromatic rings. The van der Waals surface area contributed by atoms with E-state index in [1.54, 1.807) is 10.9 Å². The van der Waals surface area contributed by atoms with Crippen molar-refractivity contribution in [2.24, 2.45) is 0 Å². The van der Waals surface area contributed by atoms with Crippen molar-refractivity contribution in [2.75, 3.05) is 0 Å². The van der Waals surface area contributed by atoms with E-state index >= 15 is 0 Å². The molecule has 0 aliphatic heterocycles. The normalized spacial score (nSPS) is 11.6. The second kappa shape index (κ2) is 7.71. The third kappa shape index (κ3) is 3.82. The van der Waals surface area contributed by atoms with E-state index < -0.39 is 0 Å². The van der Waals surface area contributed by atoms with Crippen LogP contribution in [0.5, 0.6) is 0 Å². The van der Waals surface area contributed by atoms with Crippen molar-refractivity contribution < 1.29 is 4.74 Å². The SMILES string of the molecule is Cc1ccc(/[N+]([O-])=C/c2cn(-c3ccccc3)nc2-c2ccc(Cl)cc2)cc1. The number of hydrogen-bond acceptors (Lipinski definition) is 2. The van der Waals surface area contributed by atoms with Crippen molar-refractivity contribution in [3.05, 3.63) is 106 Å². The fraction of sp³-hybridized carbons (Fsp3) is 0.0435. The summed E-state index contributed by atoms with van der Waals surface area (Å²) in [7, 11) is 0. The first-order valence-corrected chi connectivity index (χ1v) is 9.27. The quantitative estimate of drug-likeness (QED) is 0.193. The maximum absolute atomic E-state index is 12.7. The number of aryl methyl sites for hydroxylation is 1. The van der Waals surface area contributed by atoms with Gasteiger partial charge in [-0.1, -0.05) is 59.6 Å². The Hall–Kier alpha value is -3.37. The molecular formula is C23H18ClN3O. The lowest BCUT2D eigenvalue weighted by Gasteiger charge is -2.03. The first kappa shape index (κ1) is 18.0. The zero-order valence-electron chi connectivity index (χ0n) is 15.3. The van der Waals surface area contributed by atoms with Crippen molar-refractivity contribution in [1.29, 1.82) is 0 Å². The van der Waals surface area contributed by atoms with Gasteiger partial charge in [-0.2, -0.15) is 9.84 Å². The lowest BCUT2D eigenvalue weighted by Crippen LogP contribution is -1.99. The number of benzene rings is 3. The van der Waals surface area contributed by atoms with Crippen LogP contribution in [0.4, 0.5) is 5.69 Å². The summed E-state index contributed by atoms with van der Waals surface area (Å²) in [4.78, 5) is 0. The van der Waals surface area contributed by atoms with E-state index in [1.807, 2.05) is 92.0 Å². The molecule has 0 radical (unpaired) electrons. The third-order valence-corrected chi connectivity index (χ3v) is 4.68. The van der Waals surface area contributed by atoms with Gasteiger partial charge in [-0.05, 0) is 31.2 Å². The summed E-state index contributed by atoms with van der Waals surface area (Å²) in [5.41, 5.74) is 4.93. The highest BCUT2D eigenvalue weighted by atomic mass is 35.5. The summed E-state index contributed by atoms with van der Waals surface area (Å²) in [6.07, 6.45) is 3.42. The van der Waals surface area contributed by atoms with E-state index in [-0.39, 0.29) is 0 Å². The second-order valence-corrected chi connectivity index (χ2v) is 6.95. The Morgan fingerprint density at radius 3 is 2.29 bits per heavy atom. The van der Waals surface area contributed by atoms with Crippen LogP contribution < -0.4 is 0 Å². The number of nitrogens with zero attached hydrogens (tertiary/aromatic N) is 3. The van der Waals surface area contributed by atoms with Crippen LogP contribution in [0.1, 0.15) is 11.1 Å². The van der Waals surface area contributed by atoms with E-state index in [2.05, 4.69) is 0 Å². The van der Waals surface area contributed by atoms with Crippen LogP contribution in [0.15, 0.2) is 85.1 Å². The van der Waals surface area contributed by atoms with Crippen LogP contribution in [0.2, 0.25) is 5.02 Å². The molecule has 0 fully saturated rings. The average molecular weight is 388 g/mol. The third-order valence-electron chi connectivity index (χ3n) is 4.43. The topological polar surface area (TPSA) is 43.9 Å². The Morgan fingerprint density at radius 2 is 1.61 bits per heavy atom. The van der Waals surface area contributed by atoms with E-state index in [0.29, 0.717) is 16.4 Å². The van der Waals surface area contributed by atoms with Crippen LogP contribution in [0, 0.1) is 12.1 Å². The molecule has 0 amide bonds. The molecular weight excluding hydrogens is 370 g/mol. The maximum atomic E-state index is 12.7. The number of halogens is 1. The van der Waals surface area contributed by atoms with Gasteiger partial charge in [0.25, 0.3) is 0 Å². The maximum Gasteiger partial charge on any atom is 0.216 e. The second-order valence-electron chi connectivity index (χ2n) is 6.51. The fourth-order valence-electron chi connectivity index (χ4n) is 2.92. The minimum absolute atomic E-state index is 0.570. The van der Waals surface area contributed by atoms with Crippen molar-refractivity contribution in [3.8, 4) is 16.9 Å². The summed E-state index contributed by atoms with van der Waals surface area (Å²) >= 11 is 6.03. The lowest BCUT2D eigenvalue weighted by atomic mass is 10.1. The molecule has 0 atom stereocenters. The number of aromatic nitrogens is 2. The Kier molecular flexibility index (Phi) is 4.96. The zero-order valence-corrected chi connectivity index (χ0v) is 16.0. The summed E-state index contributed by atoms with van der Waals surface area (Å²) in [5.74, 6) is 0. The Balaban J connectivity index is 1.82. The van der Waals surface area contributed by atoms with Gasteiger partial charge in [0.15, 0.2) is 6.21 Å². The summed E-state index contributed by atoms with van der Waals surface area (Å²) < 4.78 is 2.64. The predicted molar refractivity (Wildman–Crippen MR) is 114 cm³/mol. The number of para-hydroxylation sites is 1. The number of hydrogen-bond donors (Lipinski definition) is 0. The minimum Gasteiger partial charge on any atom is -0.618 e. The molecule has 0 saturated heterocycles. The van der Waals surface area contributed by atoms with Gasteiger partial charge in [0.1, 0.15) is 5.69 Å². The monoisotopic (exact) mass is 387 g/mol. The molecule has 0 aliphatic rings. The largest absolute Gasteiger partial charge is 0.618 e. The van der Waals surface area contributed by atoms with Gasteiger partial charge in [-0.25, -0.2) is 4.68 Å². The molecule has 138 valence electrons. The zero-order chi connectivity index (χ0) is 19.5. The predicted octanol–water partition coefficient (Wildman–Crippen LogP) is 5.76. The molecule has 1 aromatic heterocycles. The molecule has 0 bridgehead atoms. The summed E-state index contributed by atoms with van der Waals surface area (Å²) in [6.45, 7) is 1.99. The molecule has 0 aliphatic carbocycles. The van der Waals surface area contributed by atoms with Gasteiger partial charge in [-0.15, -0.1) is 0 Å². The highest BCUT2D eigenvalue weighted by molar-refractivity contribution is 6.30. The van der Waals surface area contributed by atoms with Crippen molar-refractivity contribution in [3.63, 3.8) is 0 Å². The Morgan fingerprint density at radius 1 is 0.929 bits per heavy atom. The van der Waals surface area contributed by atoms with E-state index in [1.165, 1.54) is 0 Å². The highest BCUT2D eigenvalue weighted by Crippen LogP contribution is 2.25. The number of rotatable bonds is 4. The fourth-order valence-corrected chi connectivity index (χ4v) is 3.05. The van der Waals surface area contributed by atoms with Gasteiger partial charge in [0.05, 0.1) is 11.3 Å². The van der Waals surface area contributed by atoms with Crippen LogP contribution in [-0.2, 0) is 0 Å². The van der Waals surface area contributed by atoms with Gasteiger partial charge >= 0.3 is 0 Å². The van der Waals surface area contributed by atoms with Crippen LogP contribution >= 0.6 is 11.6 Å². The average Bonchev–Trinajstić information content (AvgIpc) is 3.13. The van der Waals surface area contributed by atoms with Crippen molar-refractivity contribution in [1.82, 2.24) is 9.78 Å². The Labute approximate surface area is 168 Å². The Bertz CT molecular complexity index is 1110. The highest BCUT2D eigenvalue weighted by Gasteiger charge is 2.14. The van der Waals surface area contributed by atoms with Gasteiger partial charge < -0.3 is 5.21 Å². The van der Waals surface area contributed by atoms with Crippen molar-refractivity contribution in [2.45, 2.75) is 6.92 Å². The summed E-state index contributed by atoms with van der Waals surface area (Å²) in [6, 6.07) is 24.7. The molecule has 4 nitrogen and oxygen atoms in total. The van der Waals surface area contributed by atoms with Gasteiger partial charge in [0.2, 0.25) is 5.69 Å². The molecule has 0 saturated carbocycles. The molecule has 0 spiro atoms. The van der Waals surface area contributed by atoms with Gasteiger partial charge in [0, 0.05) is 28.9 Å². The molecule has 0 unspecified atom stereocenters. The molecule has 3 aromatic carbocycles. The standard InChI is InChI=1S/C23H18ClN3O/c1-17-7-13-22(14-8-17)27(28)16-19-15-26(21-5-3-2-4-6-21)25-23(19)18-9-11-20(24)12-10-18/h2-16H,1H3/b27-16-. The van der Waals surface area contributed by atoms with Gasteiger partial charge in [-0.3, -0.25) is 0 Å². The summed E-state index contributed by atoms with van der Waals surface area (Å²) in [5, 5.41) is 18.1. The van der Waals surface area contributed by atoms with Crippen LogP contribution in [0.3, 0.4) is 0 Å². The molecule has 0 N–H and O–H groups in total. The van der Waals surface area contributed by atoms with E-state index in [0.717, 1.165) is 27.1 Å². The molecule has 5 heteroatoms. The van der Waals surface area contributed by atoms with Crippen LogP contribution in [0.25, 0.3) is 16.9 Å². The van der Waals surface area contributed by atoms with Crippen LogP contribution in [-0.4, -0.2) is 20.7 Å². The molecule has 4 rings (SSSR count). The smallest absolute Gasteiger partial charge is 0.216 e. The minimum atomic E-state index is 0.570. The molecule has 28 heavy (non-hydrogen) atoms. The van der Waals surface area contributed by atoms with Crippen molar-refractivity contribution >= 4 is 23.5 Å². The first-order chi connectivity index (χ1) is 13.6. The molecule has 1 heterocycles. The van der Waals surface area contributed by atoms with E-state index in [4.69, 9.17) is 16.7 Å².